The first kappa shape index (κ1) is 22.6. The standard InChI is InChI=1S/C28H30BrNO2/c1-27(2,3)17-8-11-23-20(14-17)21-15-18(28(4,5)6)9-12-24(21)30(23)25-13-10-19(29)16-22(25)26(31)32-7/h8-16H,1-7H3. The van der Waals surface area contributed by atoms with E-state index >= 15 is 0 Å². The molecule has 0 fully saturated rings. The number of carbonyl (C=O) groups is 1. The number of esters is 1. The van der Waals surface area contributed by atoms with Crippen molar-refractivity contribution in [3.8, 4) is 5.69 Å². The van der Waals surface area contributed by atoms with E-state index in [1.165, 1.54) is 29.0 Å². The molecule has 0 amide bonds. The summed E-state index contributed by atoms with van der Waals surface area (Å²) in [5.74, 6) is -0.353. The van der Waals surface area contributed by atoms with E-state index in [2.05, 4.69) is 98.4 Å². The molecule has 1 heterocycles. The quantitative estimate of drug-likeness (QED) is 0.266. The molecule has 0 aliphatic carbocycles. The van der Waals surface area contributed by atoms with Crippen molar-refractivity contribution in [2.24, 2.45) is 0 Å². The van der Waals surface area contributed by atoms with Crippen LogP contribution in [0.4, 0.5) is 0 Å². The molecule has 0 aliphatic heterocycles. The van der Waals surface area contributed by atoms with Crippen LogP contribution in [0.1, 0.15) is 63.0 Å². The zero-order valence-corrected chi connectivity index (χ0v) is 21.4. The van der Waals surface area contributed by atoms with Crippen molar-refractivity contribution < 1.29 is 9.53 Å². The molecule has 0 atom stereocenters. The van der Waals surface area contributed by atoms with E-state index in [1.54, 1.807) is 0 Å². The first-order valence-corrected chi connectivity index (χ1v) is 11.7. The lowest BCUT2D eigenvalue weighted by molar-refractivity contribution is 0.0601. The van der Waals surface area contributed by atoms with Crippen LogP contribution in [0.25, 0.3) is 27.5 Å². The summed E-state index contributed by atoms with van der Waals surface area (Å²) in [5, 5.41) is 2.38. The molecule has 0 spiro atoms. The van der Waals surface area contributed by atoms with Gasteiger partial charge in [-0.1, -0.05) is 69.6 Å². The van der Waals surface area contributed by atoms with Crippen molar-refractivity contribution in [1.82, 2.24) is 4.57 Å². The Labute approximate surface area is 198 Å². The predicted molar refractivity (Wildman–Crippen MR) is 137 cm³/mol. The number of carbonyl (C=O) groups excluding carboxylic acids is 1. The van der Waals surface area contributed by atoms with Crippen molar-refractivity contribution in [3.63, 3.8) is 0 Å². The third-order valence-corrected chi connectivity index (χ3v) is 6.60. The van der Waals surface area contributed by atoms with Crippen LogP contribution in [-0.2, 0) is 15.6 Å². The Balaban J connectivity index is 2.15. The lowest BCUT2D eigenvalue weighted by Gasteiger charge is -2.19. The summed E-state index contributed by atoms with van der Waals surface area (Å²) < 4.78 is 8.13. The van der Waals surface area contributed by atoms with E-state index < -0.39 is 0 Å². The van der Waals surface area contributed by atoms with Crippen LogP contribution < -0.4 is 0 Å². The lowest BCUT2D eigenvalue weighted by atomic mass is 9.85. The number of nitrogens with zero attached hydrogens (tertiary/aromatic N) is 1. The highest BCUT2D eigenvalue weighted by atomic mass is 79.9. The maximum absolute atomic E-state index is 12.7. The highest BCUT2D eigenvalue weighted by molar-refractivity contribution is 9.10. The average Bonchev–Trinajstić information content (AvgIpc) is 3.05. The van der Waals surface area contributed by atoms with Gasteiger partial charge in [-0.25, -0.2) is 4.79 Å². The Bertz CT molecular complexity index is 1280. The second-order valence-corrected chi connectivity index (χ2v) is 11.4. The van der Waals surface area contributed by atoms with Crippen LogP contribution in [0.5, 0.6) is 0 Å². The number of methoxy groups -OCH3 is 1. The summed E-state index contributed by atoms with van der Waals surface area (Å²) in [6, 6.07) is 19.1. The van der Waals surface area contributed by atoms with Crippen molar-refractivity contribution in [2.45, 2.75) is 52.4 Å². The summed E-state index contributed by atoms with van der Waals surface area (Å²) >= 11 is 3.50. The molecule has 3 aromatic carbocycles. The first-order chi connectivity index (χ1) is 14.9. The van der Waals surface area contributed by atoms with E-state index in [0.717, 1.165) is 21.2 Å². The third kappa shape index (κ3) is 3.86. The van der Waals surface area contributed by atoms with Crippen molar-refractivity contribution >= 4 is 43.7 Å². The summed E-state index contributed by atoms with van der Waals surface area (Å²) in [6.45, 7) is 13.4. The van der Waals surface area contributed by atoms with Crippen LogP contribution in [0, 0.1) is 0 Å². The van der Waals surface area contributed by atoms with Gasteiger partial charge in [0.05, 0.1) is 29.4 Å². The molecule has 0 unspecified atom stereocenters. The minimum Gasteiger partial charge on any atom is -0.465 e. The third-order valence-electron chi connectivity index (χ3n) is 6.10. The molecule has 4 heteroatoms. The summed E-state index contributed by atoms with van der Waals surface area (Å²) in [5.41, 5.74) is 6.15. The van der Waals surface area contributed by atoms with Crippen molar-refractivity contribution in [2.75, 3.05) is 7.11 Å². The first-order valence-electron chi connectivity index (χ1n) is 10.9. The second kappa shape index (κ2) is 7.77. The number of fused-ring (bicyclic) bond motifs is 3. The molecule has 0 aliphatic rings. The minimum absolute atomic E-state index is 0.0407. The van der Waals surface area contributed by atoms with Gasteiger partial charge in [0.25, 0.3) is 0 Å². The highest BCUT2D eigenvalue weighted by Gasteiger charge is 2.23. The maximum atomic E-state index is 12.7. The Morgan fingerprint density at radius 1 is 0.781 bits per heavy atom. The highest BCUT2D eigenvalue weighted by Crippen LogP contribution is 2.38. The van der Waals surface area contributed by atoms with E-state index in [1.807, 2.05) is 18.2 Å². The molecule has 0 N–H and O–H groups in total. The summed E-state index contributed by atoms with van der Waals surface area (Å²) in [7, 11) is 1.42. The van der Waals surface area contributed by atoms with Gasteiger partial charge in [0.2, 0.25) is 0 Å². The van der Waals surface area contributed by atoms with Crippen LogP contribution in [0.2, 0.25) is 0 Å². The number of aromatic nitrogens is 1. The molecular weight excluding hydrogens is 462 g/mol. The number of hydrogen-bond acceptors (Lipinski definition) is 2. The minimum atomic E-state index is -0.353. The Morgan fingerprint density at radius 3 is 1.72 bits per heavy atom. The Kier molecular flexibility index (Phi) is 5.49. The van der Waals surface area contributed by atoms with Gasteiger partial charge in [0, 0.05) is 15.2 Å². The smallest absolute Gasteiger partial charge is 0.340 e. The summed E-state index contributed by atoms with van der Waals surface area (Å²) in [6.07, 6.45) is 0. The largest absolute Gasteiger partial charge is 0.465 e. The fourth-order valence-electron chi connectivity index (χ4n) is 4.19. The lowest BCUT2D eigenvalue weighted by Crippen LogP contribution is -2.11. The maximum Gasteiger partial charge on any atom is 0.340 e. The number of rotatable bonds is 2. The van der Waals surface area contributed by atoms with Crippen LogP contribution in [0.3, 0.4) is 0 Å². The van der Waals surface area contributed by atoms with Gasteiger partial charge in [-0.05, 0) is 64.4 Å². The molecule has 0 bridgehead atoms. The van der Waals surface area contributed by atoms with Crippen molar-refractivity contribution in [1.29, 1.82) is 0 Å². The van der Waals surface area contributed by atoms with E-state index in [4.69, 9.17) is 4.74 Å². The number of hydrogen-bond donors (Lipinski definition) is 0. The van der Waals surface area contributed by atoms with Gasteiger partial charge < -0.3 is 9.30 Å². The van der Waals surface area contributed by atoms with E-state index in [9.17, 15) is 4.79 Å². The molecule has 0 radical (unpaired) electrons. The number of ether oxygens (including phenoxy) is 1. The van der Waals surface area contributed by atoms with Crippen molar-refractivity contribution in [3.05, 3.63) is 75.8 Å². The van der Waals surface area contributed by atoms with Crippen LogP contribution in [0.15, 0.2) is 59.1 Å². The molecule has 32 heavy (non-hydrogen) atoms. The molecule has 0 saturated carbocycles. The second-order valence-electron chi connectivity index (χ2n) is 10.5. The molecule has 3 nitrogen and oxygen atoms in total. The van der Waals surface area contributed by atoms with Crippen LogP contribution in [-0.4, -0.2) is 17.6 Å². The van der Waals surface area contributed by atoms with E-state index in [0.29, 0.717) is 5.56 Å². The predicted octanol–water partition coefficient (Wildman–Crippen LogP) is 7.93. The molecule has 4 aromatic rings. The monoisotopic (exact) mass is 491 g/mol. The van der Waals surface area contributed by atoms with Crippen LogP contribution >= 0.6 is 15.9 Å². The molecular formula is C28H30BrNO2. The normalized spacial score (nSPS) is 12.5. The number of halogens is 1. The fraction of sp³-hybridized carbons (Fsp3) is 0.321. The summed E-state index contributed by atoms with van der Waals surface area (Å²) in [4.78, 5) is 12.7. The van der Waals surface area contributed by atoms with Gasteiger partial charge in [-0.2, -0.15) is 0 Å². The van der Waals surface area contributed by atoms with Gasteiger partial charge in [-0.15, -0.1) is 0 Å². The SMILES string of the molecule is COC(=O)c1cc(Br)ccc1-n1c2ccc(C(C)(C)C)cc2c2cc(C(C)(C)C)ccc21. The van der Waals surface area contributed by atoms with Gasteiger partial charge in [0.1, 0.15) is 0 Å². The fourth-order valence-corrected chi connectivity index (χ4v) is 4.55. The topological polar surface area (TPSA) is 31.2 Å². The Hall–Kier alpha value is -2.59. The molecule has 166 valence electrons. The molecule has 1 aromatic heterocycles. The van der Waals surface area contributed by atoms with Gasteiger partial charge in [-0.3, -0.25) is 0 Å². The Morgan fingerprint density at radius 2 is 1.28 bits per heavy atom. The zero-order valence-electron chi connectivity index (χ0n) is 19.8. The van der Waals surface area contributed by atoms with E-state index in [-0.39, 0.29) is 16.8 Å². The van der Waals surface area contributed by atoms with Gasteiger partial charge in [0.15, 0.2) is 0 Å². The number of benzene rings is 3. The zero-order chi connectivity index (χ0) is 23.4. The molecule has 4 rings (SSSR count). The van der Waals surface area contributed by atoms with Gasteiger partial charge >= 0.3 is 5.97 Å². The average molecular weight is 492 g/mol. The molecule has 0 saturated heterocycles.